The number of carbonyl (C=O) groups is 1. The van der Waals surface area contributed by atoms with Gasteiger partial charge in [-0.3, -0.25) is 14.9 Å². The van der Waals surface area contributed by atoms with Crippen molar-refractivity contribution < 1.29 is 23.2 Å². The molecule has 160 valence electrons. The summed E-state index contributed by atoms with van der Waals surface area (Å²) in [5.74, 6) is -0.0781. The van der Waals surface area contributed by atoms with Gasteiger partial charge < -0.3 is 14.5 Å². The Balaban J connectivity index is 1.55. The summed E-state index contributed by atoms with van der Waals surface area (Å²) in [5, 5.41) is 11.2. The lowest BCUT2D eigenvalue weighted by atomic mass is 9.94. The highest BCUT2D eigenvalue weighted by atomic mass is 19.3. The van der Waals surface area contributed by atoms with E-state index in [0.29, 0.717) is 38.2 Å². The van der Waals surface area contributed by atoms with Crippen LogP contribution >= 0.6 is 0 Å². The monoisotopic (exact) mass is 419 g/mol. The second-order valence-electron chi connectivity index (χ2n) is 7.22. The number of nitro groups is 1. The number of alkyl halides is 2. The second kappa shape index (κ2) is 9.51. The Labute approximate surface area is 173 Å². The first-order valence-corrected chi connectivity index (χ1v) is 9.62. The van der Waals surface area contributed by atoms with Gasteiger partial charge >= 0.3 is 6.61 Å². The summed E-state index contributed by atoms with van der Waals surface area (Å²) in [7, 11) is 1.71. The van der Waals surface area contributed by atoms with Crippen molar-refractivity contribution in [3.63, 3.8) is 0 Å². The number of benzene rings is 2. The fourth-order valence-electron chi connectivity index (χ4n) is 3.69. The maximum atomic E-state index is 12.8. The largest absolute Gasteiger partial charge is 0.435 e. The van der Waals surface area contributed by atoms with Gasteiger partial charge in [-0.25, -0.2) is 0 Å². The highest BCUT2D eigenvalue weighted by Crippen LogP contribution is 2.31. The van der Waals surface area contributed by atoms with E-state index in [-0.39, 0.29) is 23.3 Å². The first kappa shape index (κ1) is 21.5. The minimum absolute atomic E-state index is 0.00474. The highest BCUT2D eigenvalue weighted by molar-refractivity contribution is 5.79. The molecular formula is C21H23F2N3O4. The third kappa shape index (κ3) is 5.22. The van der Waals surface area contributed by atoms with E-state index in [1.165, 1.54) is 18.2 Å². The van der Waals surface area contributed by atoms with Crippen LogP contribution in [0.2, 0.25) is 0 Å². The van der Waals surface area contributed by atoms with Crippen molar-refractivity contribution in [3.8, 4) is 5.75 Å². The maximum Gasteiger partial charge on any atom is 0.387 e. The van der Waals surface area contributed by atoms with Gasteiger partial charge in [0.2, 0.25) is 5.91 Å². The number of ether oxygens (including phenoxy) is 1. The van der Waals surface area contributed by atoms with Gasteiger partial charge in [-0.1, -0.05) is 24.3 Å². The summed E-state index contributed by atoms with van der Waals surface area (Å²) in [4.78, 5) is 27.2. The molecule has 0 aromatic heterocycles. The number of carbonyl (C=O) groups excluding carboxylic acids is 1. The molecule has 0 atom stereocenters. The number of amides is 1. The number of hydrogen-bond donors (Lipinski definition) is 0. The standard InChI is InChI=1S/C21H23F2N3O4/c1-24(14-15-6-8-17(9-7-15)30-21(22)23)20(27)16-10-12-25(13-11-16)18-4-2-3-5-19(18)26(28)29/h2-9,16,21H,10-14H2,1H3. The van der Waals surface area contributed by atoms with Crippen LogP contribution in [0.3, 0.4) is 0 Å². The number of para-hydroxylation sites is 2. The Bertz CT molecular complexity index is 884. The predicted molar refractivity (Wildman–Crippen MR) is 108 cm³/mol. The van der Waals surface area contributed by atoms with Crippen LogP contribution in [0.25, 0.3) is 0 Å². The van der Waals surface area contributed by atoms with Crippen molar-refractivity contribution in [2.24, 2.45) is 5.92 Å². The zero-order chi connectivity index (χ0) is 21.7. The van der Waals surface area contributed by atoms with Crippen LogP contribution in [0.4, 0.5) is 20.2 Å². The molecule has 1 heterocycles. The Morgan fingerprint density at radius 3 is 2.43 bits per heavy atom. The normalized spacial score (nSPS) is 14.6. The number of rotatable bonds is 7. The number of hydrogen-bond acceptors (Lipinski definition) is 5. The molecule has 0 N–H and O–H groups in total. The van der Waals surface area contributed by atoms with E-state index in [4.69, 9.17) is 0 Å². The fourth-order valence-corrected chi connectivity index (χ4v) is 3.69. The van der Waals surface area contributed by atoms with Gasteiger partial charge in [0.05, 0.1) is 4.92 Å². The van der Waals surface area contributed by atoms with Gasteiger partial charge in [-0.15, -0.1) is 0 Å². The van der Waals surface area contributed by atoms with Crippen LogP contribution in [0, 0.1) is 16.0 Å². The number of nitro benzene ring substituents is 1. The molecule has 0 spiro atoms. The topological polar surface area (TPSA) is 75.9 Å². The van der Waals surface area contributed by atoms with E-state index in [2.05, 4.69) is 4.74 Å². The van der Waals surface area contributed by atoms with Crippen LogP contribution in [-0.2, 0) is 11.3 Å². The van der Waals surface area contributed by atoms with Crippen LogP contribution in [0.15, 0.2) is 48.5 Å². The molecule has 9 heteroatoms. The maximum absolute atomic E-state index is 12.8. The molecule has 1 saturated heterocycles. The molecule has 2 aromatic rings. The minimum atomic E-state index is -2.87. The van der Waals surface area contributed by atoms with Gasteiger partial charge in [-0.2, -0.15) is 8.78 Å². The Hall–Kier alpha value is -3.23. The van der Waals surface area contributed by atoms with Crippen LogP contribution in [0.5, 0.6) is 5.75 Å². The molecule has 2 aromatic carbocycles. The summed E-state index contributed by atoms with van der Waals surface area (Å²) >= 11 is 0. The molecule has 1 fully saturated rings. The number of nitrogens with zero attached hydrogens (tertiary/aromatic N) is 3. The minimum Gasteiger partial charge on any atom is -0.435 e. The lowest BCUT2D eigenvalue weighted by Gasteiger charge is -2.34. The van der Waals surface area contributed by atoms with Crippen LogP contribution < -0.4 is 9.64 Å². The van der Waals surface area contributed by atoms with Crippen molar-refractivity contribution >= 4 is 17.3 Å². The SMILES string of the molecule is CN(Cc1ccc(OC(F)F)cc1)C(=O)C1CCN(c2ccccc2[N+](=O)[O-])CC1. The summed E-state index contributed by atoms with van der Waals surface area (Å²) in [5.41, 5.74) is 1.45. The van der Waals surface area contributed by atoms with Crippen molar-refractivity contribution in [3.05, 3.63) is 64.2 Å². The molecule has 30 heavy (non-hydrogen) atoms. The van der Waals surface area contributed by atoms with Crippen LogP contribution in [0.1, 0.15) is 18.4 Å². The molecule has 1 aliphatic heterocycles. The van der Waals surface area contributed by atoms with Crippen molar-refractivity contribution in [2.75, 3.05) is 25.0 Å². The molecule has 0 aliphatic carbocycles. The molecule has 0 saturated carbocycles. The molecule has 0 radical (unpaired) electrons. The molecule has 7 nitrogen and oxygen atoms in total. The average Bonchev–Trinajstić information content (AvgIpc) is 2.74. The van der Waals surface area contributed by atoms with Gasteiger partial charge in [0, 0.05) is 38.7 Å². The Morgan fingerprint density at radius 1 is 1.20 bits per heavy atom. The summed E-state index contributed by atoms with van der Waals surface area (Å²) < 4.78 is 28.8. The van der Waals surface area contributed by atoms with E-state index in [0.717, 1.165) is 5.56 Å². The second-order valence-corrected chi connectivity index (χ2v) is 7.22. The summed E-state index contributed by atoms with van der Waals surface area (Å²) in [6.07, 6.45) is 1.22. The number of piperidine rings is 1. The van der Waals surface area contributed by atoms with Gasteiger partial charge in [0.25, 0.3) is 5.69 Å². The summed E-state index contributed by atoms with van der Waals surface area (Å²) in [6, 6.07) is 12.8. The fraction of sp³-hybridized carbons (Fsp3) is 0.381. The zero-order valence-corrected chi connectivity index (χ0v) is 16.5. The average molecular weight is 419 g/mol. The third-order valence-electron chi connectivity index (χ3n) is 5.21. The quantitative estimate of drug-likeness (QED) is 0.500. The number of anilines is 1. The van der Waals surface area contributed by atoms with Gasteiger partial charge in [0.1, 0.15) is 11.4 Å². The smallest absolute Gasteiger partial charge is 0.387 e. The van der Waals surface area contributed by atoms with E-state index >= 15 is 0 Å². The van der Waals surface area contributed by atoms with Gasteiger partial charge in [-0.05, 0) is 36.6 Å². The zero-order valence-electron chi connectivity index (χ0n) is 16.5. The number of halogens is 2. The molecule has 1 amide bonds. The first-order valence-electron chi connectivity index (χ1n) is 9.62. The Morgan fingerprint density at radius 2 is 1.83 bits per heavy atom. The van der Waals surface area contributed by atoms with Crippen molar-refractivity contribution in [1.82, 2.24) is 4.90 Å². The lowest BCUT2D eigenvalue weighted by molar-refractivity contribution is -0.384. The molecule has 0 bridgehead atoms. The van der Waals surface area contributed by atoms with Crippen molar-refractivity contribution in [1.29, 1.82) is 0 Å². The van der Waals surface area contributed by atoms with Crippen LogP contribution in [-0.4, -0.2) is 42.5 Å². The predicted octanol–water partition coefficient (Wildman–Crippen LogP) is 4.07. The van der Waals surface area contributed by atoms with E-state index in [9.17, 15) is 23.7 Å². The highest BCUT2D eigenvalue weighted by Gasteiger charge is 2.29. The van der Waals surface area contributed by atoms with E-state index < -0.39 is 11.5 Å². The van der Waals surface area contributed by atoms with E-state index in [1.54, 1.807) is 42.3 Å². The molecule has 3 rings (SSSR count). The molecule has 0 unspecified atom stereocenters. The van der Waals surface area contributed by atoms with Crippen molar-refractivity contribution in [2.45, 2.75) is 26.0 Å². The molecular weight excluding hydrogens is 396 g/mol. The summed E-state index contributed by atoms with van der Waals surface area (Å²) in [6.45, 7) is -1.38. The van der Waals surface area contributed by atoms with E-state index in [1.807, 2.05) is 4.90 Å². The lowest BCUT2D eigenvalue weighted by Crippen LogP contribution is -2.41. The first-order chi connectivity index (χ1) is 14.3. The molecule has 1 aliphatic rings. The Kier molecular flexibility index (Phi) is 6.81. The van der Waals surface area contributed by atoms with Gasteiger partial charge in [0.15, 0.2) is 0 Å². The third-order valence-corrected chi connectivity index (χ3v) is 5.21.